The molecule has 0 aliphatic carbocycles. The number of thioether (sulfide) groups is 2. The zero-order valence-electron chi connectivity index (χ0n) is 19.6. The highest BCUT2D eigenvalue weighted by Gasteiger charge is 2.18. The molecule has 0 saturated carbocycles. The second-order valence-electron chi connectivity index (χ2n) is 8.38. The summed E-state index contributed by atoms with van der Waals surface area (Å²) in [5.74, 6) is 0.203. The number of nitrogens with zero attached hydrogens (tertiary/aromatic N) is 2. The molecule has 1 amide bonds. The van der Waals surface area contributed by atoms with E-state index in [2.05, 4.69) is 63.8 Å². The van der Waals surface area contributed by atoms with Crippen LogP contribution in [0.3, 0.4) is 0 Å². The Balaban J connectivity index is 1.15. The first kappa shape index (κ1) is 23.8. The number of imidazole rings is 1. The average molecular weight is 539 g/mol. The summed E-state index contributed by atoms with van der Waals surface area (Å²) in [6.07, 6.45) is 0. The predicted octanol–water partition coefficient (Wildman–Crippen LogP) is 7.79. The molecular formula is C29H22N4OS3. The number of carbonyl (C=O) groups excluding carboxylic acids is 1. The number of aromatic nitrogens is 3. The van der Waals surface area contributed by atoms with Crippen LogP contribution in [0.2, 0.25) is 0 Å². The summed E-state index contributed by atoms with van der Waals surface area (Å²) in [7, 11) is 0. The maximum atomic E-state index is 12.6. The zero-order chi connectivity index (χ0) is 25.0. The molecule has 0 spiro atoms. The predicted molar refractivity (Wildman–Crippen MR) is 156 cm³/mol. The van der Waals surface area contributed by atoms with Crippen LogP contribution in [0.1, 0.15) is 16.4 Å². The standard InChI is InChI=1S/C29H22N4OS3/c34-26(18-35-28-31-22-13-7-8-14-23(22)32-28)30-21-15-16-24-25(17-21)36-29(33-24)37-27(19-9-3-1-4-10-19)20-11-5-2-6-12-20/h1-17,27H,18H2,(H,30,34)(H,31,32). The largest absolute Gasteiger partial charge is 0.333 e. The van der Waals surface area contributed by atoms with Gasteiger partial charge in [-0.1, -0.05) is 96.3 Å². The van der Waals surface area contributed by atoms with E-state index in [1.807, 2.05) is 54.6 Å². The summed E-state index contributed by atoms with van der Waals surface area (Å²) in [5.41, 5.74) is 6.06. The SMILES string of the molecule is O=C(CSc1nc2ccccc2[nH]1)Nc1ccc2nc(SC(c3ccccc3)c3ccccc3)sc2c1. The van der Waals surface area contributed by atoms with Gasteiger partial charge in [-0.25, -0.2) is 9.97 Å². The van der Waals surface area contributed by atoms with Gasteiger partial charge in [-0.05, 0) is 41.5 Å². The highest BCUT2D eigenvalue weighted by atomic mass is 32.2. The number of rotatable bonds is 8. The highest BCUT2D eigenvalue weighted by molar-refractivity contribution is 8.01. The number of thiazole rings is 1. The quantitative estimate of drug-likeness (QED) is 0.194. The van der Waals surface area contributed by atoms with E-state index in [1.54, 1.807) is 23.1 Å². The summed E-state index contributed by atoms with van der Waals surface area (Å²) in [5, 5.41) is 3.90. The lowest BCUT2D eigenvalue weighted by molar-refractivity contribution is -0.113. The van der Waals surface area contributed by atoms with E-state index in [9.17, 15) is 4.79 Å². The molecular weight excluding hydrogens is 517 g/mol. The smallest absolute Gasteiger partial charge is 0.234 e. The van der Waals surface area contributed by atoms with Crippen molar-refractivity contribution in [2.45, 2.75) is 14.7 Å². The van der Waals surface area contributed by atoms with Crippen LogP contribution in [0.15, 0.2) is 113 Å². The minimum atomic E-state index is -0.0721. The maximum absolute atomic E-state index is 12.6. The van der Waals surface area contributed by atoms with Crippen molar-refractivity contribution in [3.63, 3.8) is 0 Å². The second kappa shape index (κ2) is 10.8. The number of hydrogen-bond acceptors (Lipinski definition) is 6. The van der Waals surface area contributed by atoms with Gasteiger partial charge in [-0.3, -0.25) is 4.79 Å². The lowest BCUT2D eigenvalue weighted by Gasteiger charge is -2.16. The van der Waals surface area contributed by atoms with E-state index in [0.29, 0.717) is 0 Å². The summed E-state index contributed by atoms with van der Waals surface area (Å²) in [4.78, 5) is 25.2. The van der Waals surface area contributed by atoms with Crippen LogP contribution in [0, 0.1) is 0 Å². The molecule has 0 saturated heterocycles. The Bertz CT molecular complexity index is 1590. The fraction of sp³-hybridized carbons (Fsp3) is 0.0690. The zero-order valence-corrected chi connectivity index (χ0v) is 22.1. The van der Waals surface area contributed by atoms with Gasteiger partial charge < -0.3 is 10.3 Å². The lowest BCUT2D eigenvalue weighted by atomic mass is 10.0. The van der Waals surface area contributed by atoms with Crippen molar-refractivity contribution in [2.24, 2.45) is 0 Å². The molecule has 0 fully saturated rings. The molecule has 0 aliphatic heterocycles. The third kappa shape index (κ3) is 5.56. The lowest BCUT2D eigenvalue weighted by Crippen LogP contribution is -2.13. The number of para-hydroxylation sites is 2. The van der Waals surface area contributed by atoms with Crippen molar-refractivity contribution in [3.8, 4) is 0 Å². The fourth-order valence-electron chi connectivity index (χ4n) is 4.05. The van der Waals surface area contributed by atoms with Crippen molar-refractivity contribution in [1.82, 2.24) is 15.0 Å². The Morgan fingerprint density at radius 1 is 0.838 bits per heavy atom. The monoisotopic (exact) mass is 538 g/mol. The molecule has 0 unspecified atom stereocenters. The van der Waals surface area contributed by atoms with Crippen molar-refractivity contribution in [1.29, 1.82) is 0 Å². The van der Waals surface area contributed by atoms with Gasteiger partial charge in [0.2, 0.25) is 5.91 Å². The van der Waals surface area contributed by atoms with Gasteiger partial charge >= 0.3 is 0 Å². The number of benzene rings is 4. The molecule has 37 heavy (non-hydrogen) atoms. The number of hydrogen-bond donors (Lipinski definition) is 2. The number of amides is 1. The molecule has 0 radical (unpaired) electrons. The third-order valence-electron chi connectivity index (χ3n) is 5.78. The van der Waals surface area contributed by atoms with Gasteiger partial charge in [0.05, 0.1) is 32.3 Å². The molecule has 0 bridgehead atoms. The Kier molecular flexibility index (Phi) is 6.94. The first-order chi connectivity index (χ1) is 18.2. The molecule has 2 N–H and O–H groups in total. The summed E-state index contributed by atoms with van der Waals surface area (Å²) >= 11 is 4.80. The minimum Gasteiger partial charge on any atom is -0.333 e. The Morgan fingerprint density at radius 2 is 1.54 bits per heavy atom. The number of fused-ring (bicyclic) bond motifs is 2. The molecule has 4 aromatic carbocycles. The van der Waals surface area contributed by atoms with E-state index in [4.69, 9.17) is 4.98 Å². The summed E-state index contributed by atoms with van der Waals surface area (Å²) < 4.78 is 2.04. The fourth-order valence-corrected chi connectivity index (χ4v) is 7.16. The van der Waals surface area contributed by atoms with E-state index >= 15 is 0 Å². The van der Waals surface area contributed by atoms with E-state index in [1.165, 1.54) is 22.9 Å². The molecule has 8 heteroatoms. The van der Waals surface area contributed by atoms with Crippen LogP contribution >= 0.6 is 34.9 Å². The normalized spacial score (nSPS) is 11.4. The van der Waals surface area contributed by atoms with Crippen LogP contribution in [0.5, 0.6) is 0 Å². The minimum absolute atomic E-state index is 0.0721. The van der Waals surface area contributed by atoms with E-state index < -0.39 is 0 Å². The maximum Gasteiger partial charge on any atom is 0.234 e. The van der Waals surface area contributed by atoms with Crippen LogP contribution in [0.25, 0.3) is 21.3 Å². The van der Waals surface area contributed by atoms with Gasteiger partial charge in [0.15, 0.2) is 9.50 Å². The highest BCUT2D eigenvalue weighted by Crippen LogP contribution is 2.43. The van der Waals surface area contributed by atoms with Gasteiger partial charge in [0, 0.05) is 5.69 Å². The number of H-pyrrole nitrogens is 1. The molecule has 0 aliphatic rings. The van der Waals surface area contributed by atoms with Crippen molar-refractivity contribution in [2.75, 3.05) is 11.1 Å². The van der Waals surface area contributed by atoms with Gasteiger partial charge in [-0.2, -0.15) is 0 Å². The van der Waals surface area contributed by atoms with Crippen molar-refractivity contribution >= 4 is 67.7 Å². The van der Waals surface area contributed by atoms with Gasteiger partial charge in [0.25, 0.3) is 0 Å². The van der Waals surface area contributed by atoms with Crippen LogP contribution < -0.4 is 5.32 Å². The topological polar surface area (TPSA) is 70.7 Å². The first-order valence-electron chi connectivity index (χ1n) is 11.8. The molecule has 6 rings (SSSR count). The molecule has 0 atom stereocenters. The Morgan fingerprint density at radius 3 is 2.27 bits per heavy atom. The van der Waals surface area contributed by atoms with E-state index in [-0.39, 0.29) is 16.9 Å². The van der Waals surface area contributed by atoms with Crippen LogP contribution in [-0.4, -0.2) is 26.6 Å². The number of aromatic amines is 1. The molecule has 182 valence electrons. The number of carbonyl (C=O) groups is 1. The van der Waals surface area contributed by atoms with Crippen molar-refractivity contribution in [3.05, 3.63) is 114 Å². The van der Waals surface area contributed by atoms with Gasteiger partial charge in [0.1, 0.15) is 0 Å². The van der Waals surface area contributed by atoms with Crippen LogP contribution in [-0.2, 0) is 4.79 Å². The van der Waals surface area contributed by atoms with Crippen LogP contribution in [0.4, 0.5) is 5.69 Å². The third-order valence-corrected chi connectivity index (χ3v) is 9.08. The first-order valence-corrected chi connectivity index (χ1v) is 14.4. The van der Waals surface area contributed by atoms with Gasteiger partial charge in [-0.15, -0.1) is 11.3 Å². The number of nitrogens with one attached hydrogen (secondary N) is 2. The molecule has 2 heterocycles. The summed E-state index contributed by atoms with van der Waals surface area (Å²) in [6, 6.07) is 34.8. The Hall–Kier alpha value is -3.59. The molecule has 2 aromatic heterocycles. The summed E-state index contributed by atoms with van der Waals surface area (Å²) in [6.45, 7) is 0. The molecule has 6 aromatic rings. The van der Waals surface area contributed by atoms with E-state index in [0.717, 1.165) is 36.4 Å². The molecule has 5 nitrogen and oxygen atoms in total. The average Bonchev–Trinajstić information content (AvgIpc) is 3.54. The number of anilines is 1. The van der Waals surface area contributed by atoms with Crippen molar-refractivity contribution < 1.29 is 4.79 Å². The second-order valence-corrected chi connectivity index (χ2v) is 11.7. The Labute approximate surface area is 226 Å².